The topological polar surface area (TPSA) is 58.2 Å². The minimum atomic E-state index is -3.38. The first kappa shape index (κ1) is 13.6. The molecule has 0 aromatic heterocycles. The molecule has 0 bridgehead atoms. The lowest BCUT2D eigenvalue weighted by Gasteiger charge is -2.21. The van der Waals surface area contributed by atoms with Gasteiger partial charge in [0.15, 0.2) is 0 Å². The molecular weight excluding hydrogens is 236 g/mol. The highest BCUT2D eigenvalue weighted by Crippen LogP contribution is 2.17. The average molecular weight is 252 g/mol. The highest BCUT2D eigenvalue weighted by Gasteiger charge is 2.14. The molecule has 2 N–H and O–H groups in total. The summed E-state index contributed by atoms with van der Waals surface area (Å²) >= 11 is 0. The van der Waals surface area contributed by atoms with Crippen molar-refractivity contribution in [3.63, 3.8) is 0 Å². The molecule has 0 fully saturated rings. The van der Waals surface area contributed by atoms with Gasteiger partial charge in [0.1, 0.15) is 0 Å². The first-order valence-electron chi connectivity index (χ1n) is 5.10. The Balaban J connectivity index is 2.95. The van der Waals surface area contributed by atoms with E-state index >= 15 is 0 Å². The molecule has 0 amide bonds. The summed E-state index contributed by atoms with van der Waals surface area (Å²) in [6.07, 6.45) is 5.36. The molecule has 0 saturated heterocycles. The van der Waals surface area contributed by atoms with Gasteiger partial charge in [-0.05, 0) is 45.2 Å². The smallest absolute Gasteiger partial charge is 0.240 e. The second-order valence-electron chi connectivity index (χ2n) is 4.13. The molecule has 0 unspecified atom stereocenters. The molecule has 1 rings (SSSR count). The zero-order chi connectivity index (χ0) is 13.1. The second-order valence-corrected chi connectivity index (χ2v) is 6.01. The lowest BCUT2D eigenvalue weighted by molar-refractivity contribution is 0.588. The van der Waals surface area contributed by atoms with E-state index in [4.69, 9.17) is 6.42 Å². The van der Waals surface area contributed by atoms with Crippen molar-refractivity contribution >= 4 is 15.7 Å². The number of anilines is 1. The first-order chi connectivity index (χ1) is 7.80. The van der Waals surface area contributed by atoms with Crippen molar-refractivity contribution < 1.29 is 8.42 Å². The summed E-state index contributed by atoms with van der Waals surface area (Å²) in [6, 6.07) is 6.42. The molecule has 0 spiro atoms. The van der Waals surface area contributed by atoms with Gasteiger partial charge in [0.2, 0.25) is 10.0 Å². The summed E-state index contributed by atoms with van der Waals surface area (Å²) in [5.74, 6) is 2.60. The normalized spacial score (nSPS) is 11.9. The zero-order valence-corrected chi connectivity index (χ0v) is 10.9. The Hall–Kier alpha value is -1.51. The van der Waals surface area contributed by atoms with E-state index in [0.29, 0.717) is 0 Å². The Morgan fingerprint density at radius 1 is 1.24 bits per heavy atom. The molecule has 1 aromatic rings. The molecular formula is C12H16N2O2S. The Kier molecular flexibility index (Phi) is 3.81. The standard InChI is InChI=1S/C12H16N2O2S/c1-5-12(2,3)14-10-6-8-11(9-7-10)17(15,16)13-4/h1,6-9,13-14H,2-4H3. The molecule has 5 heteroatoms. The highest BCUT2D eigenvalue weighted by atomic mass is 32.2. The molecule has 0 aliphatic carbocycles. The number of terminal acetylenes is 1. The van der Waals surface area contributed by atoms with Crippen LogP contribution >= 0.6 is 0 Å². The average Bonchev–Trinajstić information content (AvgIpc) is 2.29. The van der Waals surface area contributed by atoms with Crippen molar-refractivity contribution in [3.8, 4) is 12.3 Å². The van der Waals surface area contributed by atoms with Gasteiger partial charge in [-0.1, -0.05) is 5.92 Å². The van der Waals surface area contributed by atoms with Crippen molar-refractivity contribution in [1.29, 1.82) is 0 Å². The molecule has 0 radical (unpaired) electrons. The predicted octanol–water partition coefficient (Wildman–Crippen LogP) is 1.42. The van der Waals surface area contributed by atoms with E-state index in [2.05, 4.69) is 16.0 Å². The van der Waals surface area contributed by atoms with Crippen LogP contribution in [0.5, 0.6) is 0 Å². The summed E-state index contributed by atoms with van der Waals surface area (Å²) in [7, 11) is -2.00. The fourth-order valence-corrected chi connectivity index (χ4v) is 1.96. The molecule has 0 atom stereocenters. The van der Waals surface area contributed by atoms with Crippen molar-refractivity contribution in [3.05, 3.63) is 24.3 Å². The van der Waals surface area contributed by atoms with E-state index in [-0.39, 0.29) is 4.90 Å². The maximum atomic E-state index is 11.5. The van der Waals surface area contributed by atoms with Gasteiger partial charge >= 0.3 is 0 Å². The van der Waals surface area contributed by atoms with Crippen LogP contribution in [0.2, 0.25) is 0 Å². The molecule has 1 aromatic carbocycles. The van der Waals surface area contributed by atoms with Crippen molar-refractivity contribution in [2.45, 2.75) is 24.3 Å². The molecule has 0 saturated carbocycles. The summed E-state index contributed by atoms with van der Waals surface area (Å²) < 4.78 is 25.2. The quantitative estimate of drug-likeness (QED) is 0.797. The largest absolute Gasteiger partial charge is 0.370 e. The third-order valence-corrected chi connectivity index (χ3v) is 3.68. The summed E-state index contributed by atoms with van der Waals surface area (Å²) in [4.78, 5) is 0.226. The van der Waals surface area contributed by atoms with Gasteiger partial charge in [-0.15, -0.1) is 6.42 Å². The fraction of sp³-hybridized carbons (Fsp3) is 0.333. The van der Waals surface area contributed by atoms with Crippen LogP contribution in [-0.2, 0) is 10.0 Å². The third-order valence-electron chi connectivity index (χ3n) is 2.25. The number of sulfonamides is 1. The van der Waals surface area contributed by atoms with Gasteiger partial charge in [-0.2, -0.15) is 0 Å². The van der Waals surface area contributed by atoms with Crippen LogP contribution < -0.4 is 10.0 Å². The molecule has 92 valence electrons. The Labute approximate surface area is 102 Å². The van der Waals surface area contributed by atoms with Crippen molar-refractivity contribution in [1.82, 2.24) is 4.72 Å². The van der Waals surface area contributed by atoms with Gasteiger partial charge in [0, 0.05) is 5.69 Å². The maximum Gasteiger partial charge on any atom is 0.240 e. The van der Waals surface area contributed by atoms with Crippen molar-refractivity contribution in [2.75, 3.05) is 12.4 Å². The first-order valence-corrected chi connectivity index (χ1v) is 6.58. The lowest BCUT2D eigenvalue weighted by atomic mass is 10.1. The van der Waals surface area contributed by atoms with E-state index in [1.165, 1.54) is 19.2 Å². The predicted molar refractivity (Wildman–Crippen MR) is 69.2 cm³/mol. The van der Waals surface area contributed by atoms with Crippen LogP contribution in [0.1, 0.15) is 13.8 Å². The van der Waals surface area contributed by atoms with E-state index in [1.807, 2.05) is 13.8 Å². The van der Waals surface area contributed by atoms with Gasteiger partial charge in [-0.3, -0.25) is 0 Å². The number of hydrogen-bond acceptors (Lipinski definition) is 3. The number of nitrogens with one attached hydrogen (secondary N) is 2. The fourth-order valence-electron chi connectivity index (χ4n) is 1.23. The van der Waals surface area contributed by atoms with Gasteiger partial charge in [-0.25, -0.2) is 13.1 Å². The Bertz CT molecular complexity index is 525. The molecule has 4 nitrogen and oxygen atoms in total. The van der Waals surface area contributed by atoms with Crippen molar-refractivity contribution in [2.24, 2.45) is 0 Å². The Morgan fingerprint density at radius 3 is 2.18 bits per heavy atom. The monoisotopic (exact) mass is 252 g/mol. The molecule has 0 heterocycles. The second kappa shape index (κ2) is 4.78. The summed E-state index contributed by atoms with van der Waals surface area (Å²) in [5, 5.41) is 3.11. The number of benzene rings is 1. The van der Waals surface area contributed by atoms with E-state index < -0.39 is 15.6 Å². The van der Waals surface area contributed by atoms with Crippen LogP contribution in [0, 0.1) is 12.3 Å². The van der Waals surface area contributed by atoms with Gasteiger partial charge < -0.3 is 5.32 Å². The van der Waals surface area contributed by atoms with E-state index in [0.717, 1.165) is 5.69 Å². The van der Waals surface area contributed by atoms with Crippen LogP contribution in [0.3, 0.4) is 0 Å². The molecule has 0 aliphatic rings. The maximum absolute atomic E-state index is 11.5. The zero-order valence-electron chi connectivity index (χ0n) is 10.1. The minimum Gasteiger partial charge on any atom is -0.370 e. The summed E-state index contributed by atoms with van der Waals surface area (Å²) in [5.41, 5.74) is 0.312. The van der Waals surface area contributed by atoms with Gasteiger partial charge in [0.25, 0.3) is 0 Å². The number of hydrogen-bond donors (Lipinski definition) is 2. The van der Waals surface area contributed by atoms with Crippen LogP contribution in [-0.4, -0.2) is 21.0 Å². The minimum absolute atomic E-state index is 0.226. The molecule has 17 heavy (non-hydrogen) atoms. The highest BCUT2D eigenvalue weighted by molar-refractivity contribution is 7.89. The molecule has 0 aliphatic heterocycles. The Morgan fingerprint density at radius 2 is 1.76 bits per heavy atom. The van der Waals surface area contributed by atoms with Gasteiger partial charge in [0.05, 0.1) is 10.4 Å². The SMILES string of the molecule is C#CC(C)(C)Nc1ccc(S(=O)(=O)NC)cc1. The number of rotatable bonds is 4. The van der Waals surface area contributed by atoms with Crippen LogP contribution in [0.4, 0.5) is 5.69 Å². The van der Waals surface area contributed by atoms with Crippen LogP contribution in [0.15, 0.2) is 29.2 Å². The lowest BCUT2D eigenvalue weighted by Crippen LogP contribution is -2.28. The van der Waals surface area contributed by atoms with E-state index in [9.17, 15) is 8.42 Å². The van der Waals surface area contributed by atoms with E-state index in [1.54, 1.807) is 12.1 Å². The third kappa shape index (κ3) is 3.48. The summed E-state index contributed by atoms with van der Waals surface area (Å²) in [6.45, 7) is 3.73. The van der Waals surface area contributed by atoms with Crippen LogP contribution in [0.25, 0.3) is 0 Å².